The molecule has 0 saturated carbocycles. The van der Waals surface area contributed by atoms with Gasteiger partial charge in [-0.2, -0.15) is 0 Å². The van der Waals surface area contributed by atoms with E-state index in [0.29, 0.717) is 0 Å². The van der Waals surface area contributed by atoms with Crippen molar-refractivity contribution < 1.29 is 0 Å². The van der Waals surface area contributed by atoms with Gasteiger partial charge in [0.15, 0.2) is 0 Å². The van der Waals surface area contributed by atoms with Gasteiger partial charge in [-0.25, -0.2) is 0 Å². The van der Waals surface area contributed by atoms with E-state index in [1.165, 1.54) is 88.6 Å². The van der Waals surface area contributed by atoms with Crippen LogP contribution in [-0.4, -0.2) is 11.3 Å². The van der Waals surface area contributed by atoms with E-state index in [1.54, 1.807) is 0 Å². The monoisotopic (exact) mass is 858 g/mol. The third kappa shape index (κ3) is 8.81. The molecule has 0 saturated heterocycles. The molecular weight excluding hydrogens is 809 g/mol. The minimum absolute atomic E-state index is 0.879. The molecule has 67 heavy (non-hydrogen) atoms. The van der Waals surface area contributed by atoms with Crippen LogP contribution in [0.25, 0.3) is 88.8 Å². The Labute approximate surface area is 394 Å². The van der Waals surface area contributed by atoms with Crippen LogP contribution in [0.1, 0.15) is 16.7 Å². The van der Waals surface area contributed by atoms with Crippen LogP contribution in [0.4, 0.5) is 0 Å². The fraction of sp³-hybridized carbons (Fsp3) is 0.0308. The number of aryl methyl sites for hydroxylation is 1. The maximum Gasteiger partial charge on any atom is 0.0658 e. The van der Waals surface area contributed by atoms with Crippen molar-refractivity contribution in [2.24, 2.45) is 4.99 Å². The van der Waals surface area contributed by atoms with Crippen molar-refractivity contribution in [3.63, 3.8) is 0 Å². The molecule has 0 fully saturated rings. The molecule has 1 heterocycles. The third-order valence-electron chi connectivity index (χ3n) is 12.4. The van der Waals surface area contributed by atoms with Crippen molar-refractivity contribution in [2.45, 2.75) is 13.3 Å². The van der Waals surface area contributed by atoms with E-state index in [2.05, 4.69) is 236 Å². The fourth-order valence-electron chi connectivity index (χ4n) is 9.40. The first-order chi connectivity index (χ1) is 33.2. The predicted octanol–water partition coefficient (Wildman–Crippen LogP) is 17.4. The molecule has 0 spiro atoms. The lowest BCUT2D eigenvalue weighted by Gasteiger charge is -2.24. The van der Waals surface area contributed by atoms with E-state index in [-0.39, 0.29) is 0 Å². The minimum atomic E-state index is 0.879. The first kappa shape index (κ1) is 42.4. The molecule has 10 aromatic carbocycles. The summed E-state index contributed by atoms with van der Waals surface area (Å²) in [7, 11) is 0. The molecule has 0 amide bonds. The second kappa shape index (κ2) is 19.7. The maximum absolute atomic E-state index is 4.08. The Balaban J connectivity index is 0.000000261. The Morgan fingerprint density at radius 3 is 1.42 bits per heavy atom. The van der Waals surface area contributed by atoms with E-state index in [1.807, 2.05) is 48.5 Å². The number of benzene rings is 10. The normalized spacial score (nSPS) is 11.3. The van der Waals surface area contributed by atoms with Gasteiger partial charge in [-0.3, -0.25) is 4.99 Å². The lowest BCUT2D eigenvalue weighted by molar-refractivity contribution is 1.18. The number of para-hydroxylation sites is 1. The lowest BCUT2D eigenvalue weighted by atomic mass is 9.80. The number of aromatic nitrogens is 1. The van der Waals surface area contributed by atoms with Gasteiger partial charge in [-0.1, -0.05) is 248 Å². The highest BCUT2D eigenvalue weighted by atomic mass is 15.0. The van der Waals surface area contributed by atoms with Crippen molar-refractivity contribution in [2.75, 3.05) is 0 Å². The standard InChI is InChI=1S/C49H35N.C16H15N/c1-34-18-17-27-39(32-34)40-30-31-42-43(33-40)50(41-28-15-6-16-29-41)49-47(38-25-13-5-14-26-38)45(36-21-9-3-10-22-36)44(35-19-7-2-8-20-35)46(48(42)49)37-23-11-4-12-24-37;1-17-16(15-10-6-3-7-11-15)13-12-14-8-4-2-5-9-14/h2-33H,1H3;2-11,13H,1,12H2/b;16-13-. The molecule has 1 aromatic heterocycles. The molecule has 2 nitrogen and oxygen atoms in total. The Morgan fingerprint density at radius 2 is 0.881 bits per heavy atom. The van der Waals surface area contributed by atoms with Gasteiger partial charge < -0.3 is 4.57 Å². The van der Waals surface area contributed by atoms with Crippen molar-refractivity contribution in [3.05, 3.63) is 278 Å². The fourth-order valence-corrected chi connectivity index (χ4v) is 9.40. The zero-order valence-electron chi connectivity index (χ0n) is 37.6. The molecule has 11 rings (SSSR count). The lowest BCUT2D eigenvalue weighted by Crippen LogP contribution is -2.00. The van der Waals surface area contributed by atoms with Gasteiger partial charge in [0.1, 0.15) is 0 Å². The summed E-state index contributed by atoms with van der Waals surface area (Å²) in [6, 6.07) is 91.1. The van der Waals surface area contributed by atoms with Crippen LogP contribution in [0.3, 0.4) is 0 Å². The number of nitrogens with zero attached hydrogens (tertiary/aromatic N) is 2. The van der Waals surface area contributed by atoms with Crippen LogP contribution in [0.5, 0.6) is 0 Å². The van der Waals surface area contributed by atoms with Crippen LogP contribution >= 0.6 is 0 Å². The number of rotatable bonds is 10. The van der Waals surface area contributed by atoms with Crippen LogP contribution in [0.2, 0.25) is 0 Å². The zero-order chi connectivity index (χ0) is 45.4. The molecule has 0 aliphatic carbocycles. The van der Waals surface area contributed by atoms with E-state index in [0.717, 1.165) is 23.4 Å². The summed E-state index contributed by atoms with van der Waals surface area (Å²) in [5.41, 5.74) is 20.2. The average molecular weight is 859 g/mol. The second-order valence-electron chi connectivity index (χ2n) is 16.8. The van der Waals surface area contributed by atoms with E-state index in [9.17, 15) is 0 Å². The summed E-state index contributed by atoms with van der Waals surface area (Å²) in [4.78, 5) is 4.08. The molecule has 0 radical (unpaired) electrons. The summed E-state index contributed by atoms with van der Waals surface area (Å²) in [6.07, 6.45) is 2.99. The number of hydrogen-bond donors (Lipinski definition) is 0. The van der Waals surface area contributed by atoms with E-state index < -0.39 is 0 Å². The van der Waals surface area contributed by atoms with Gasteiger partial charge in [0, 0.05) is 33.2 Å². The van der Waals surface area contributed by atoms with E-state index in [4.69, 9.17) is 0 Å². The van der Waals surface area contributed by atoms with Crippen LogP contribution in [0.15, 0.2) is 266 Å². The zero-order valence-corrected chi connectivity index (χ0v) is 37.6. The SMILES string of the molecule is C=N/C(=C\Cc1ccccc1)c1ccccc1.Cc1cccc(-c2ccc3c4c(-c5ccccc5)c(-c5ccccc5)c(-c5ccccc5)c(-c5ccccc5)c4n(-c4ccccc4)c3c2)c1. The molecule has 0 unspecified atom stereocenters. The first-order valence-corrected chi connectivity index (χ1v) is 22.9. The van der Waals surface area contributed by atoms with Gasteiger partial charge in [0.25, 0.3) is 0 Å². The van der Waals surface area contributed by atoms with Crippen LogP contribution in [-0.2, 0) is 6.42 Å². The van der Waals surface area contributed by atoms with Gasteiger partial charge in [-0.15, -0.1) is 0 Å². The Hall–Kier alpha value is -8.59. The van der Waals surface area contributed by atoms with Gasteiger partial charge in [-0.05, 0) is 88.3 Å². The molecule has 0 bridgehead atoms. The molecule has 0 N–H and O–H groups in total. The molecule has 2 heteroatoms. The molecule has 0 aliphatic heterocycles. The van der Waals surface area contributed by atoms with Gasteiger partial charge >= 0.3 is 0 Å². The van der Waals surface area contributed by atoms with E-state index >= 15 is 0 Å². The van der Waals surface area contributed by atoms with Crippen molar-refractivity contribution in [1.82, 2.24) is 4.57 Å². The quantitative estimate of drug-likeness (QED) is 0.122. The number of allylic oxidation sites excluding steroid dienone is 1. The summed E-state index contributed by atoms with van der Waals surface area (Å²) in [5.74, 6) is 0. The smallest absolute Gasteiger partial charge is 0.0658 e. The summed E-state index contributed by atoms with van der Waals surface area (Å²) in [6.45, 7) is 5.80. The summed E-state index contributed by atoms with van der Waals surface area (Å²) >= 11 is 0. The minimum Gasteiger partial charge on any atom is -0.309 e. The molecular formula is C65H50N2. The second-order valence-corrected chi connectivity index (χ2v) is 16.8. The van der Waals surface area contributed by atoms with Crippen molar-refractivity contribution in [1.29, 1.82) is 0 Å². The highest BCUT2D eigenvalue weighted by Gasteiger charge is 2.29. The predicted molar refractivity (Wildman–Crippen MR) is 287 cm³/mol. The highest BCUT2D eigenvalue weighted by Crippen LogP contribution is 2.54. The Morgan fingerprint density at radius 1 is 0.433 bits per heavy atom. The van der Waals surface area contributed by atoms with Gasteiger partial charge in [0.05, 0.1) is 16.7 Å². The number of fused-ring (bicyclic) bond motifs is 3. The largest absolute Gasteiger partial charge is 0.309 e. The third-order valence-corrected chi connectivity index (χ3v) is 12.4. The van der Waals surface area contributed by atoms with Gasteiger partial charge in [0.2, 0.25) is 0 Å². The van der Waals surface area contributed by atoms with Crippen molar-refractivity contribution in [3.8, 4) is 61.3 Å². The summed E-state index contributed by atoms with van der Waals surface area (Å²) in [5, 5.41) is 2.48. The topological polar surface area (TPSA) is 17.3 Å². The molecule has 11 aromatic rings. The average Bonchev–Trinajstić information content (AvgIpc) is 3.74. The first-order valence-electron chi connectivity index (χ1n) is 22.9. The molecule has 0 atom stereocenters. The van der Waals surface area contributed by atoms with Crippen LogP contribution in [0, 0.1) is 6.92 Å². The number of hydrogen-bond acceptors (Lipinski definition) is 1. The van der Waals surface area contributed by atoms with Crippen LogP contribution < -0.4 is 0 Å². The molecule has 0 aliphatic rings. The maximum atomic E-state index is 4.08. The molecule has 320 valence electrons. The summed E-state index contributed by atoms with van der Waals surface area (Å²) < 4.78 is 2.51. The highest BCUT2D eigenvalue weighted by molar-refractivity contribution is 6.26. The Kier molecular flexibility index (Phi) is 12.4. The Bertz CT molecular complexity index is 3450. The van der Waals surface area contributed by atoms with Crippen molar-refractivity contribution >= 4 is 34.2 Å². The number of aliphatic imine (C=N–C) groups is 1.